The van der Waals surface area contributed by atoms with Crippen LogP contribution in [-0.4, -0.2) is 5.11 Å². The molecule has 0 aliphatic rings. The van der Waals surface area contributed by atoms with Crippen molar-refractivity contribution in [2.75, 3.05) is 0 Å². The molecule has 0 bridgehead atoms. The first kappa shape index (κ1) is 10.3. The molecule has 0 aliphatic carbocycles. The Morgan fingerprint density at radius 2 is 1.88 bits per heavy atom. The summed E-state index contributed by atoms with van der Waals surface area (Å²) in [5, 5.41) is 7.69. The van der Waals surface area contributed by atoms with Crippen LogP contribution in [0.15, 0.2) is 25.0 Å². The molecule has 0 atom stereocenters. The fourth-order valence-electron chi connectivity index (χ4n) is 0. The summed E-state index contributed by atoms with van der Waals surface area (Å²) in [4.78, 5) is 0. The van der Waals surface area contributed by atoms with Gasteiger partial charge in [-0.15, -0.1) is 6.58 Å². The molecule has 1 nitrogen and oxygen atoms in total. The molecule has 0 aromatic heterocycles. The van der Waals surface area contributed by atoms with E-state index in [4.69, 9.17) is 5.11 Å². The van der Waals surface area contributed by atoms with Crippen LogP contribution in [-0.2, 0) is 0 Å². The van der Waals surface area contributed by atoms with E-state index in [1.54, 1.807) is 13.0 Å². The first-order valence-corrected chi connectivity index (χ1v) is 2.69. The minimum atomic E-state index is 1.00. The molecule has 0 rings (SSSR count). The highest BCUT2D eigenvalue weighted by Crippen LogP contribution is 1.66. The average molecular weight is 114 g/mol. The Kier molecular flexibility index (Phi) is 20.9. The average Bonchev–Trinajstić information content (AvgIpc) is 1.88. The van der Waals surface area contributed by atoms with Gasteiger partial charge in [0.25, 0.3) is 0 Å². The van der Waals surface area contributed by atoms with Crippen molar-refractivity contribution >= 4 is 0 Å². The minimum Gasteiger partial charge on any atom is -0.516 e. The minimum absolute atomic E-state index is 1.00. The summed E-state index contributed by atoms with van der Waals surface area (Å²) in [5.41, 5.74) is 0. The Morgan fingerprint density at radius 3 is 1.88 bits per heavy atom. The maximum Gasteiger partial charge on any atom is 0.0748 e. The third-order valence-corrected chi connectivity index (χ3v) is 0.438. The van der Waals surface area contributed by atoms with Gasteiger partial charge in [-0.1, -0.05) is 19.1 Å². The molecule has 0 aromatic carbocycles. The van der Waals surface area contributed by atoms with E-state index >= 15 is 0 Å². The van der Waals surface area contributed by atoms with Crippen LogP contribution in [0.25, 0.3) is 0 Å². The zero-order chi connectivity index (χ0) is 6.83. The number of hydrogen-bond donors (Lipinski definition) is 1. The monoisotopic (exact) mass is 114 g/mol. The third-order valence-electron chi connectivity index (χ3n) is 0.438. The zero-order valence-electron chi connectivity index (χ0n) is 5.59. The van der Waals surface area contributed by atoms with E-state index in [0.717, 1.165) is 12.7 Å². The molecule has 0 fully saturated rings. The number of aliphatic hydroxyl groups excluding tert-OH is 1. The van der Waals surface area contributed by atoms with E-state index in [0.29, 0.717) is 0 Å². The highest BCUT2D eigenvalue weighted by Gasteiger charge is 1.45. The molecule has 0 spiro atoms. The van der Waals surface area contributed by atoms with Crippen molar-refractivity contribution < 1.29 is 5.11 Å². The van der Waals surface area contributed by atoms with Crippen LogP contribution in [0.3, 0.4) is 0 Å². The zero-order valence-corrected chi connectivity index (χ0v) is 5.59. The second kappa shape index (κ2) is 16.3. The van der Waals surface area contributed by atoms with Crippen molar-refractivity contribution in [3.05, 3.63) is 25.0 Å². The summed E-state index contributed by atoms with van der Waals surface area (Å²) >= 11 is 0. The molecule has 1 heteroatoms. The molecule has 0 amide bonds. The maximum atomic E-state index is 7.69. The highest BCUT2D eigenvalue weighted by molar-refractivity contribution is 4.60. The molecule has 0 radical (unpaired) electrons. The van der Waals surface area contributed by atoms with Crippen LogP contribution in [0, 0.1) is 0 Å². The topological polar surface area (TPSA) is 20.2 Å². The van der Waals surface area contributed by atoms with Crippen LogP contribution in [0.1, 0.15) is 20.3 Å². The van der Waals surface area contributed by atoms with Crippen molar-refractivity contribution in [1.29, 1.82) is 0 Å². The summed E-state index contributed by atoms with van der Waals surface area (Å²) in [6, 6.07) is 0. The van der Waals surface area contributed by atoms with Crippen molar-refractivity contribution in [3.8, 4) is 0 Å². The molecular weight excluding hydrogens is 100 g/mol. The predicted octanol–water partition coefficient (Wildman–Crippen LogP) is 2.66. The van der Waals surface area contributed by atoms with Crippen molar-refractivity contribution in [2.45, 2.75) is 20.3 Å². The van der Waals surface area contributed by atoms with Gasteiger partial charge in [-0.25, -0.2) is 0 Å². The number of allylic oxidation sites excluding steroid dienone is 2. The second-order valence-corrected chi connectivity index (χ2v) is 1.18. The molecule has 0 heterocycles. The Bertz CT molecular complexity index is 51.4. The van der Waals surface area contributed by atoms with E-state index < -0.39 is 0 Å². The molecule has 0 saturated heterocycles. The summed E-state index contributed by atoms with van der Waals surface area (Å²) < 4.78 is 0. The molecule has 0 aliphatic heterocycles. The molecule has 0 unspecified atom stereocenters. The Hall–Kier alpha value is -0.720. The van der Waals surface area contributed by atoms with Gasteiger partial charge in [-0.2, -0.15) is 0 Å². The lowest BCUT2D eigenvalue weighted by Gasteiger charge is -1.57. The maximum absolute atomic E-state index is 7.69. The van der Waals surface area contributed by atoms with Crippen molar-refractivity contribution in [3.63, 3.8) is 0 Å². The summed E-state index contributed by atoms with van der Waals surface area (Å²) in [5.74, 6) is 0. The van der Waals surface area contributed by atoms with E-state index in [1.807, 2.05) is 6.08 Å². The molecule has 1 N–H and O–H groups in total. The van der Waals surface area contributed by atoms with Gasteiger partial charge in [0, 0.05) is 0 Å². The SMILES string of the molecule is C/C=C/O.C=CCC. The van der Waals surface area contributed by atoms with Crippen molar-refractivity contribution in [1.82, 2.24) is 0 Å². The summed E-state index contributed by atoms with van der Waals surface area (Å²) in [6.45, 7) is 7.29. The van der Waals surface area contributed by atoms with Crippen LogP contribution in [0.2, 0.25) is 0 Å². The van der Waals surface area contributed by atoms with Gasteiger partial charge in [0.05, 0.1) is 6.26 Å². The van der Waals surface area contributed by atoms with E-state index in [-0.39, 0.29) is 0 Å². The smallest absolute Gasteiger partial charge is 0.0748 e. The predicted molar refractivity (Wildman–Crippen MR) is 37.9 cm³/mol. The largest absolute Gasteiger partial charge is 0.516 e. The van der Waals surface area contributed by atoms with Gasteiger partial charge in [0.2, 0.25) is 0 Å². The van der Waals surface area contributed by atoms with Crippen LogP contribution in [0.5, 0.6) is 0 Å². The Labute approximate surface area is 51.3 Å². The quantitative estimate of drug-likeness (QED) is 0.410. The fraction of sp³-hybridized carbons (Fsp3) is 0.429. The lowest BCUT2D eigenvalue weighted by atomic mass is 10.5. The summed E-state index contributed by atoms with van der Waals surface area (Å²) in [6.07, 6.45) is 5.51. The van der Waals surface area contributed by atoms with Crippen LogP contribution >= 0.6 is 0 Å². The molecule has 48 valence electrons. The van der Waals surface area contributed by atoms with Crippen LogP contribution < -0.4 is 0 Å². The third kappa shape index (κ3) is 59.0. The highest BCUT2D eigenvalue weighted by atomic mass is 16.2. The summed E-state index contributed by atoms with van der Waals surface area (Å²) in [7, 11) is 0. The van der Waals surface area contributed by atoms with Gasteiger partial charge in [0.1, 0.15) is 0 Å². The number of rotatable bonds is 1. The van der Waals surface area contributed by atoms with Gasteiger partial charge in [0.15, 0.2) is 0 Å². The Morgan fingerprint density at radius 1 is 1.62 bits per heavy atom. The molecule has 0 saturated carbocycles. The first-order valence-electron chi connectivity index (χ1n) is 2.69. The Balaban J connectivity index is 0. The van der Waals surface area contributed by atoms with Gasteiger partial charge >= 0.3 is 0 Å². The fourth-order valence-corrected chi connectivity index (χ4v) is 0. The van der Waals surface area contributed by atoms with Crippen molar-refractivity contribution in [2.24, 2.45) is 0 Å². The number of hydrogen-bond acceptors (Lipinski definition) is 1. The first-order chi connectivity index (χ1) is 3.83. The second-order valence-electron chi connectivity index (χ2n) is 1.18. The van der Waals surface area contributed by atoms with E-state index in [2.05, 4.69) is 13.5 Å². The lowest BCUT2D eigenvalue weighted by Crippen LogP contribution is -1.36. The standard InChI is InChI=1S/C4H8.C3H6O/c1-3-4-2;1-2-3-4/h3H,1,4H2,2H3;2-4H,1H3/b;3-2+. The normalized spacial score (nSPS) is 7.75. The molecule has 8 heavy (non-hydrogen) atoms. The van der Waals surface area contributed by atoms with Gasteiger partial charge in [-0.05, 0) is 13.3 Å². The molecular formula is C7H14O. The van der Waals surface area contributed by atoms with Gasteiger partial charge in [-0.3, -0.25) is 0 Å². The van der Waals surface area contributed by atoms with E-state index in [9.17, 15) is 0 Å². The van der Waals surface area contributed by atoms with Gasteiger partial charge < -0.3 is 5.11 Å². The van der Waals surface area contributed by atoms with Crippen LogP contribution in [0.4, 0.5) is 0 Å². The lowest BCUT2D eigenvalue weighted by molar-refractivity contribution is 0.472. The number of aliphatic hydroxyl groups is 1. The van der Waals surface area contributed by atoms with E-state index in [1.165, 1.54) is 0 Å². The molecule has 0 aromatic rings.